The van der Waals surface area contributed by atoms with Crippen LogP contribution in [-0.4, -0.2) is 25.2 Å². The van der Waals surface area contributed by atoms with Crippen molar-refractivity contribution < 1.29 is 13.6 Å². The van der Waals surface area contributed by atoms with Gasteiger partial charge in [-0.15, -0.1) is 0 Å². The molecule has 0 saturated heterocycles. The van der Waals surface area contributed by atoms with Crippen molar-refractivity contribution in [3.63, 3.8) is 0 Å². The maximum Gasteiger partial charge on any atom is 0.276 e. The molecule has 0 aliphatic carbocycles. The number of halogens is 3. The number of hydrogen-bond donors (Lipinski definition) is 1. The molecule has 1 amide bonds. The van der Waals surface area contributed by atoms with Crippen LogP contribution in [0.2, 0.25) is 0 Å². The molecule has 0 bridgehead atoms. The van der Waals surface area contributed by atoms with E-state index in [1.54, 1.807) is 35.9 Å². The Labute approximate surface area is 190 Å². The second-order valence-electron chi connectivity index (χ2n) is 7.13. The first kappa shape index (κ1) is 21.6. The number of carbonyl (C=O) groups excluding carboxylic acids is 1. The second kappa shape index (κ2) is 8.51. The van der Waals surface area contributed by atoms with E-state index in [-0.39, 0.29) is 22.5 Å². The normalized spacial score (nSPS) is 11.0. The first-order valence-electron chi connectivity index (χ1n) is 9.70. The van der Waals surface area contributed by atoms with Gasteiger partial charge in [0.2, 0.25) is 5.95 Å². The largest absolute Gasteiger partial charge is 0.305 e. The topological polar surface area (TPSA) is 88.5 Å². The number of nitriles is 1. The van der Waals surface area contributed by atoms with Crippen molar-refractivity contribution in [3.8, 4) is 6.07 Å². The molecule has 162 valence electrons. The highest BCUT2D eigenvalue weighted by molar-refractivity contribution is 9.10. The fraction of sp³-hybridized carbons (Fsp3) is 0.182. The third-order valence-electron chi connectivity index (χ3n) is 4.96. The van der Waals surface area contributed by atoms with E-state index in [4.69, 9.17) is 0 Å². The van der Waals surface area contributed by atoms with Gasteiger partial charge in [0.15, 0.2) is 0 Å². The van der Waals surface area contributed by atoms with Crippen LogP contribution in [-0.2, 0) is 13.1 Å². The molecule has 0 spiro atoms. The lowest BCUT2D eigenvalue weighted by Crippen LogP contribution is -2.20. The predicted molar refractivity (Wildman–Crippen MR) is 118 cm³/mol. The van der Waals surface area contributed by atoms with Crippen LogP contribution in [0.1, 0.15) is 34.2 Å². The summed E-state index contributed by atoms with van der Waals surface area (Å²) in [5, 5.41) is 16.2. The van der Waals surface area contributed by atoms with Crippen LogP contribution in [0.4, 0.5) is 14.7 Å². The predicted octanol–water partition coefficient (Wildman–Crippen LogP) is 4.77. The Morgan fingerprint density at radius 3 is 2.59 bits per heavy atom. The molecule has 7 nitrogen and oxygen atoms in total. The zero-order valence-electron chi connectivity index (χ0n) is 17.2. The zero-order chi connectivity index (χ0) is 23.0. The van der Waals surface area contributed by atoms with Gasteiger partial charge in [0.25, 0.3) is 5.91 Å². The third-order valence-corrected chi connectivity index (χ3v) is 5.42. The summed E-state index contributed by atoms with van der Waals surface area (Å²) in [6.45, 7) is 3.92. The lowest BCUT2D eigenvalue weighted by atomic mass is 10.2. The summed E-state index contributed by atoms with van der Waals surface area (Å²) >= 11 is 3.07. The van der Waals surface area contributed by atoms with Crippen molar-refractivity contribution in [1.82, 2.24) is 19.3 Å². The quantitative estimate of drug-likeness (QED) is 0.429. The molecule has 0 saturated carbocycles. The van der Waals surface area contributed by atoms with Crippen molar-refractivity contribution in [2.24, 2.45) is 0 Å². The van der Waals surface area contributed by atoms with Gasteiger partial charge in [-0.3, -0.25) is 14.8 Å². The van der Waals surface area contributed by atoms with Crippen molar-refractivity contribution in [2.45, 2.75) is 26.9 Å². The summed E-state index contributed by atoms with van der Waals surface area (Å²) < 4.78 is 32.4. The number of aromatic nitrogens is 4. The van der Waals surface area contributed by atoms with E-state index in [1.165, 1.54) is 16.7 Å². The second-order valence-corrected chi connectivity index (χ2v) is 8.04. The molecule has 2 aromatic heterocycles. The Balaban J connectivity index is 1.81. The van der Waals surface area contributed by atoms with Crippen molar-refractivity contribution in [1.29, 1.82) is 5.26 Å². The maximum atomic E-state index is 14.5. The number of anilines is 1. The number of nitrogens with zero attached hydrogens (tertiary/aromatic N) is 5. The molecule has 0 aliphatic rings. The van der Waals surface area contributed by atoms with E-state index >= 15 is 0 Å². The highest BCUT2D eigenvalue weighted by Gasteiger charge is 2.20. The smallest absolute Gasteiger partial charge is 0.276 e. The number of nitrogens with one attached hydrogen (secondary N) is 1. The number of imidazole rings is 1. The van der Waals surface area contributed by atoms with Gasteiger partial charge in [-0.25, -0.2) is 13.8 Å². The molecule has 2 heterocycles. The highest BCUT2D eigenvalue weighted by Crippen LogP contribution is 2.26. The standard InChI is InChI=1S/C22H17BrF2N6O/c1-3-31-20(6-12(2)29-31)21(32)28-22-27-18-7-13(10-26)4-5-19(18)30(22)11-15-16(24)8-14(23)9-17(15)25/h4-9H,3,11H2,1-2H3,(H,27,28,32). The van der Waals surface area contributed by atoms with Crippen molar-refractivity contribution in [3.05, 3.63) is 75.0 Å². The molecule has 0 atom stereocenters. The molecule has 1 N–H and O–H groups in total. The van der Waals surface area contributed by atoms with Gasteiger partial charge in [0, 0.05) is 16.6 Å². The maximum absolute atomic E-state index is 14.5. The first-order valence-corrected chi connectivity index (χ1v) is 10.5. The van der Waals surface area contributed by atoms with Crippen LogP contribution in [0.25, 0.3) is 11.0 Å². The summed E-state index contributed by atoms with van der Waals surface area (Å²) in [5.74, 6) is -1.82. The summed E-state index contributed by atoms with van der Waals surface area (Å²) in [6, 6.07) is 10.8. The lowest BCUT2D eigenvalue weighted by molar-refractivity contribution is 0.101. The third kappa shape index (κ3) is 3.99. The van der Waals surface area contributed by atoms with Crippen LogP contribution in [0.15, 0.2) is 40.9 Å². The summed E-state index contributed by atoms with van der Waals surface area (Å²) in [5.41, 5.74) is 2.15. The van der Waals surface area contributed by atoms with E-state index < -0.39 is 17.5 Å². The first-order chi connectivity index (χ1) is 15.3. The van der Waals surface area contributed by atoms with Crippen LogP contribution in [0.5, 0.6) is 0 Å². The number of fused-ring (bicyclic) bond motifs is 1. The SMILES string of the molecule is CCn1nc(C)cc1C(=O)Nc1nc2cc(C#N)ccc2n1Cc1c(F)cc(Br)cc1F. The number of carbonyl (C=O) groups is 1. The van der Waals surface area contributed by atoms with Crippen molar-refractivity contribution >= 4 is 38.8 Å². The minimum atomic E-state index is -0.732. The molecule has 0 unspecified atom stereocenters. The van der Waals surface area contributed by atoms with Gasteiger partial charge in [-0.2, -0.15) is 10.4 Å². The summed E-state index contributed by atoms with van der Waals surface area (Å²) in [7, 11) is 0. The Morgan fingerprint density at radius 1 is 1.22 bits per heavy atom. The average molecular weight is 499 g/mol. The fourth-order valence-corrected chi connectivity index (χ4v) is 3.87. The molecule has 2 aromatic carbocycles. The Morgan fingerprint density at radius 2 is 1.94 bits per heavy atom. The van der Waals surface area contributed by atoms with Gasteiger partial charge in [0.05, 0.1) is 34.9 Å². The number of aryl methyl sites for hydroxylation is 2. The molecule has 4 rings (SSSR count). The zero-order valence-corrected chi connectivity index (χ0v) is 18.7. The highest BCUT2D eigenvalue weighted by atomic mass is 79.9. The molecule has 32 heavy (non-hydrogen) atoms. The van der Waals surface area contributed by atoms with E-state index in [2.05, 4.69) is 31.3 Å². The molecule has 0 aliphatic heterocycles. The van der Waals surface area contributed by atoms with Gasteiger partial charge in [-0.1, -0.05) is 15.9 Å². The lowest BCUT2D eigenvalue weighted by Gasteiger charge is -2.12. The van der Waals surface area contributed by atoms with Crippen LogP contribution in [0, 0.1) is 29.9 Å². The molecular formula is C22H17BrF2N6O. The van der Waals surface area contributed by atoms with Crippen LogP contribution >= 0.6 is 15.9 Å². The average Bonchev–Trinajstić information content (AvgIpc) is 3.29. The monoisotopic (exact) mass is 498 g/mol. The number of rotatable bonds is 5. The molecule has 4 aromatic rings. The van der Waals surface area contributed by atoms with Crippen LogP contribution in [0.3, 0.4) is 0 Å². The molecular weight excluding hydrogens is 482 g/mol. The minimum absolute atomic E-state index is 0.100. The van der Waals surface area contributed by atoms with Gasteiger partial charge in [0.1, 0.15) is 17.3 Å². The van der Waals surface area contributed by atoms with E-state index in [0.717, 1.165) is 0 Å². The van der Waals surface area contributed by atoms with E-state index in [0.29, 0.717) is 34.5 Å². The van der Waals surface area contributed by atoms with Gasteiger partial charge < -0.3 is 4.57 Å². The molecule has 10 heteroatoms. The summed E-state index contributed by atoms with van der Waals surface area (Å²) in [4.78, 5) is 17.4. The van der Waals surface area contributed by atoms with Crippen LogP contribution < -0.4 is 5.32 Å². The van der Waals surface area contributed by atoms with Gasteiger partial charge in [-0.05, 0) is 50.2 Å². The number of hydrogen-bond acceptors (Lipinski definition) is 4. The van der Waals surface area contributed by atoms with E-state index in [1.807, 2.05) is 13.0 Å². The van der Waals surface area contributed by atoms with E-state index in [9.17, 15) is 18.8 Å². The number of amides is 1. The molecule has 0 radical (unpaired) electrons. The Kier molecular flexibility index (Phi) is 5.76. The summed E-state index contributed by atoms with van der Waals surface area (Å²) in [6.07, 6.45) is 0. The minimum Gasteiger partial charge on any atom is -0.305 e. The van der Waals surface area contributed by atoms with Crippen molar-refractivity contribution in [2.75, 3.05) is 5.32 Å². The molecule has 0 fully saturated rings. The number of benzene rings is 2. The Hall–Kier alpha value is -3.58. The Bertz CT molecular complexity index is 1380. The van der Waals surface area contributed by atoms with Gasteiger partial charge >= 0.3 is 0 Å². The fourth-order valence-electron chi connectivity index (χ4n) is 3.47.